The van der Waals surface area contributed by atoms with Crippen molar-refractivity contribution >= 4 is 28.8 Å². The summed E-state index contributed by atoms with van der Waals surface area (Å²) in [5.74, 6) is 1.59. The van der Waals surface area contributed by atoms with Crippen LogP contribution in [0.25, 0.3) is 10.6 Å². The van der Waals surface area contributed by atoms with E-state index >= 15 is 0 Å². The van der Waals surface area contributed by atoms with E-state index in [4.69, 9.17) is 21.3 Å². The number of hydrogen-bond donors (Lipinski definition) is 0. The molecule has 1 saturated carbocycles. The minimum absolute atomic E-state index is 0.116. The summed E-state index contributed by atoms with van der Waals surface area (Å²) < 4.78 is 5.23. The fraction of sp³-hybridized carbons (Fsp3) is 0.360. The van der Waals surface area contributed by atoms with Crippen molar-refractivity contribution in [2.75, 3.05) is 33.3 Å². The van der Waals surface area contributed by atoms with E-state index in [1.54, 1.807) is 18.4 Å². The number of carbonyl (C=O) groups excluding carboxylic acids is 1. The van der Waals surface area contributed by atoms with Crippen LogP contribution >= 0.6 is 22.9 Å². The number of rotatable bonds is 6. The summed E-state index contributed by atoms with van der Waals surface area (Å²) in [5, 5.41) is 3.90. The molecular formula is C25H26ClN3O2S. The Bertz CT molecular complexity index is 1090. The van der Waals surface area contributed by atoms with Gasteiger partial charge in [0.05, 0.1) is 12.8 Å². The lowest BCUT2D eigenvalue weighted by Crippen LogP contribution is -2.48. The molecule has 2 aromatic carbocycles. The zero-order valence-electron chi connectivity index (χ0n) is 18.0. The first-order valence-electron chi connectivity index (χ1n) is 11.0. The number of hydrogen-bond acceptors (Lipinski definition) is 5. The first-order chi connectivity index (χ1) is 15.6. The third kappa shape index (κ3) is 4.68. The summed E-state index contributed by atoms with van der Waals surface area (Å²) in [6, 6.07) is 15.9. The Balaban J connectivity index is 1.12. The largest absolute Gasteiger partial charge is 0.497 e. The van der Waals surface area contributed by atoms with Crippen LogP contribution in [0.2, 0.25) is 5.02 Å². The van der Waals surface area contributed by atoms with E-state index in [0.717, 1.165) is 66.2 Å². The molecule has 1 saturated heterocycles. The van der Waals surface area contributed by atoms with Gasteiger partial charge in [-0.15, -0.1) is 11.3 Å². The van der Waals surface area contributed by atoms with Gasteiger partial charge in [-0.25, -0.2) is 4.98 Å². The Hall–Kier alpha value is -2.41. The predicted molar refractivity (Wildman–Crippen MR) is 128 cm³/mol. The van der Waals surface area contributed by atoms with E-state index in [9.17, 15) is 4.79 Å². The van der Waals surface area contributed by atoms with Gasteiger partial charge in [0.15, 0.2) is 0 Å². The smallest absolute Gasteiger partial charge is 0.226 e. The summed E-state index contributed by atoms with van der Waals surface area (Å²) in [4.78, 5) is 22.2. The summed E-state index contributed by atoms with van der Waals surface area (Å²) in [5.41, 5.74) is 3.38. The first kappa shape index (κ1) is 21.4. The number of aromatic nitrogens is 1. The summed E-state index contributed by atoms with van der Waals surface area (Å²) in [7, 11) is 1.67. The number of benzene rings is 2. The quantitative estimate of drug-likeness (QED) is 0.516. The molecule has 2 atom stereocenters. The molecule has 0 bridgehead atoms. The lowest BCUT2D eigenvalue weighted by atomic mass is 10.1. The number of nitrogens with zero attached hydrogens (tertiary/aromatic N) is 3. The molecule has 32 heavy (non-hydrogen) atoms. The van der Waals surface area contributed by atoms with Crippen molar-refractivity contribution in [3.63, 3.8) is 0 Å². The van der Waals surface area contributed by atoms with Gasteiger partial charge in [0.25, 0.3) is 0 Å². The molecule has 3 aromatic rings. The second-order valence-electron chi connectivity index (χ2n) is 8.48. The highest BCUT2D eigenvalue weighted by Crippen LogP contribution is 2.49. The molecule has 5 nitrogen and oxygen atoms in total. The summed E-state index contributed by atoms with van der Waals surface area (Å²) >= 11 is 7.78. The van der Waals surface area contributed by atoms with Crippen LogP contribution in [0, 0.1) is 5.92 Å². The molecule has 166 valence electrons. The van der Waals surface area contributed by atoms with Crippen LogP contribution in [0.4, 0.5) is 0 Å². The minimum Gasteiger partial charge on any atom is -0.497 e. The van der Waals surface area contributed by atoms with Gasteiger partial charge in [0.2, 0.25) is 5.91 Å². The molecule has 0 N–H and O–H groups in total. The lowest BCUT2D eigenvalue weighted by Gasteiger charge is -2.34. The second kappa shape index (κ2) is 9.22. The molecule has 2 heterocycles. The molecule has 7 heteroatoms. The monoisotopic (exact) mass is 467 g/mol. The predicted octanol–water partition coefficient (Wildman–Crippen LogP) is 4.92. The molecule has 5 rings (SSSR count). The van der Waals surface area contributed by atoms with Gasteiger partial charge < -0.3 is 9.64 Å². The van der Waals surface area contributed by atoms with Crippen molar-refractivity contribution in [2.45, 2.75) is 18.9 Å². The zero-order chi connectivity index (χ0) is 22.1. The fourth-order valence-electron chi connectivity index (χ4n) is 4.41. The van der Waals surface area contributed by atoms with Crippen molar-refractivity contribution in [1.82, 2.24) is 14.8 Å². The third-order valence-electron chi connectivity index (χ3n) is 6.34. The summed E-state index contributed by atoms with van der Waals surface area (Å²) in [6.07, 6.45) is 0.937. The average molecular weight is 468 g/mol. The van der Waals surface area contributed by atoms with Crippen LogP contribution in [0.3, 0.4) is 0 Å². The maximum atomic E-state index is 13.0. The highest BCUT2D eigenvalue weighted by molar-refractivity contribution is 7.13. The number of halogens is 1. The molecular weight excluding hydrogens is 442 g/mol. The van der Waals surface area contributed by atoms with Crippen LogP contribution in [0.15, 0.2) is 53.9 Å². The van der Waals surface area contributed by atoms with E-state index in [1.807, 2.05) is 47.4 Å². The van der Waals surface area contributed by atoms with E-state index in [2.05, 4.69) is 16.3 Å². The van der Waals surface area contributed by atoms with Gasteiger partial charge in [-0.2, -0.15) is 0 Å². The van der Waals surface area contributed by atoms with E-state index < -0.39 is 0 Å². The molecule has 2 fully saturated rings. The Labute approximate surface area is 197 Å². The minimum atomic E-state index is 0.116. The molecule has 1 aliphatic carbocycles. The molecule has 1 aliphatic heterocycles. The Morgan fingerprint density at radius 2 is 1.94 bits per heavy atom. The number of thiazole rings is 1. The average Bonchev–Trinajstić information content (AvgIpc) is 3.50. The number of piperazine rings is 1. The van der Waals surface area contributed by atoms with Crippen LogP contribution < -0.4 is 4.74 Å². The molecule has 2 aliphatic rings. The van der Waals surface area contributed by atoms with Crippen LogP contribution in [-0.4, -0.2) is 54.0 Å². The van der Waals surface area contributed by atoms with Crippen molar-refractivity contribution in [1.29, 1.82) is 0 Å². The van der Waals surface area contributed by atoms with Crippen LogP contribution in [0.5, 0.6) is 5.75 Å². The molecule has 0 radical (unpaired) electrons. The number of carbonyl (C=O) groups is 1. The normalized spacial score (nSPS) is 20.9. The summed E-state index contributed by atoms with van der Waals surface area (Å²) in [6.45, 7) is 4.16. The van der Waals surface area contributed by atoms with Gasteiger partial charge in [0.1, 0.15) is 10.8 Å². The maximum Gasteiger partial charge on any atom is 0.226 e. The van der Waals surface area contributed by atoms with Gasteiger partial charge in [-0.1, -0.05) is 23.7 Å². The maximum absolute atomic E-state index is 13.0. The Kier molecular flexibility index (Phi) is 6.17. The fourth-order valence-corrected chi connectivity index (χ4v) is 5.43. The molecule has 1 aromatic heterocycles. The van der Waals surface area contributed by atoms with Crippen LogP contribution in [0.1, 0.15) is 23.6 Å². The van der Waals surface area contributed by atoms with Gasteiger partial charge >= 0.3 is 0 Å². The van der Waals surface area contributed by atoms with E-state index in [0.29, 0.717) is 11.8 Å². The first-order valence-corrected chi connectivity index (χ1v) is 12.2. The molecule has 0 spiro atoms. The van der Waals surface area contributed by atoms with Crippen molar-refractivity contribution in [3.8, 4) is 16.3 Å². The van der Waals surface area contributed by atoms with Gasteiger partial charge in [-0.05, 0) is 54.3 Å². The van der Waals surface area contributed by atoms with Gasteiger partial charge in [0, 0.05) is 54.6 Å². The van der Waals surface area contributed by atoms with Crippen molar-refractivity contribution in [3.05, 3.63) is 70.2 Å². The van der Waals surface area contributed by atoms with Crippen molar-refractivity contribution < 1.29 is 9.53 Å². The van der Waals surface area contributed by atoms with E-state index in [1.165, 1.54) is 5.56 Å². The van der Waals surface area contributed by atoms with Crippen molar-refractivity contribution in [2.24, 2.45) is 5.92 Å². The third-order valence-corrected chi connectivity index (χ3v) is 7.52. The Morgan fingerprint density at radius 3 is 2.66 bits per heavy atom. The molecule has 2 unspecified atom stereocenters. The number of amides is 1. The highest BCUT2D eigenvalue weighted by Gasteiger charge is 2.46. The number of methoxy groups -OCH3 is 1. The molecule has 1 amide bonds. The zero-order valence-corrected chi connectivity index (χ0v) is 19.6. The Morgan fingerprint density at radius 1 is 1.16 bits per heavy atom. The SMILES string of the molecule is COc1ccc(-c2nc(CN3CCN(C(=O)C4CC4c4cccc(Cl)c4)CC3)cs2)cc1. The second-order valence-corrected chi connectivity index (χ2v) is 9.77. The van der Waals surface area contributed by atoms with Gasteiger partial charge in [-0.3, -0.25) is 9.69 Å². The van der Waals surface area contributed by atoms with Crippen LogP contribution in [-0.2, 0) is 11.3 Å². The van der Waals surface area contributed by atoms with E-state index in [-0.39, 0.29) is 5.92 Å². The number of ether oxygens (including phenoxy) is 1. The standard InChI is InChI=1S/C25H26ClN3O2S/c1-31-21-7-5-17(6-8-21)24-27-20(16-32-24)15-28-9-11-29(12-10-28)25(30)23-14-22(23)18-3-2-4-19(26)13-18/h2-8,13,16,22-23H,9-12,14-15H2,1H3. The topological polar surface area (TPSA) is 45.7 Å². The highest BCUT2D eigenvalue weighted by atomic mass is 35.5. The lowest BCUT2D eigenvalue weighted by molar-refractivity contribution is -0.134.